The van der Waals surface area contributed by atoms with Crippen LogP contribution in [0.3, 0.4) is 0 Å². The van der Waals surface area contributed by atoms with Crippen molar-refractivity contribution < 1.29 is 22.4 Å². The van der Waals surface area contributed by atoms with Gasteiger partial charge in [0.25, 0.3) is 5.91 Å². The fourth-order valence-corrected chi connectivity index (χ4v) is 3.28. The second-order valence-corrected chi connectivity index (χ2v) is 7.36. The normalized spacial score (nSPS) is 15.2. The second-order valence-electron chi connectivity index (χ2n) is 5.79. The van der Waals surface area contributed by atoms with Gasteiger partial charge in [0.15, 0.2) is 0 Å². The van der Waals surface area contributed by atoms with Crippen LogP contribution in [0.1, 0.15) is 10.4 Å². The number of hydrogen-bond donors (Lipinski definition) is 1. The summed E-state index contributed by atoms with van der Waals surface area (Å²) in [6, 6.07) is 11.7. The molecule has 1 aliphatic heterocycles. The van der Waals surface area contributed by atoms with Crippen LogP contribution in [0.4, 0.5) is 10.1 Å². The molecule has 7 nitrogen and oxygen atoms in total. The van der Waals surface area contributed by atoms with Gasteiger partial charge in [-0.3, -0.25) is 9.59 Å². The summed E-state index contributed by atoms with van der Waals surface area (Å²) in [5, 5.41) is 5.02. The minimum Gasteiger partial charge on any atom is -0.327 e. The van der Waals surface area contributed by atoms with E-state index in [-0.39, 0.29) is 30.4 Å². The van der Waals surface area contributed by atoms with Gasteiger partial charge in [-0.15, -0.1) is 0 Å². The average Bonchev–Trinajstić information content (AvgIpc) is 2.61. The number of hydrogen-bond acceptors (Lipinski definition) is 4. The van der Waals surface area contributed by atoms with Crippen molar-refractivity contribution in [3.8, 4) is 0 Å². The number of para-hydroxylation sites is 1. The highest BCUT2D eigenvalue weighted by atomic mass is 32.2. The van der Waals surface area contributed by atoms with E-state index in [4.69, 9.17) is 5.14 Å². The molecule has 0 aromatic heterocycles. The standard InChI is InChI=1S/C17H16FN3O4S/c18-15-7-6-13(26(19,24)25)10-14(15)17(23)20-8-9-21(16(22)11-20)12-4-2-1-3-5-12/h1-7,10H,8-9,11H2,(H2,19,24,25). The molecule has 0 unspecified atom stereocenters. The van der Waals surface area contributed by atoms with Crippen molar-refractivity contribution in [2.24, 2.45) is 5.14 Å². The molecule has 2 N–H and O–H groups in total. The molecule has 0 radical (unpaired) electrons. The lowest BCUT2D eigenvalue weighted by Gasteiger charge is -2.34. The van der Waals surface area contributed by atoms with Crippen LogP contribution in [0.15, 0.2) is 53.4 Å². The predicted octanol–water partition coefficient (Wildman–Crippen LogP) is 0.962. The number of benzene rings is 2. The van der Waals surface area contributed by atoms with Crippen molar-refractivity contribution in [1.29, 1.82) is 0 Å². The fraction of sp³-hybridized carbons (Fsp3) is 0.176. The van der Waals surface area contributed by atoms with Crippen molar-refractivity contribution in [3.63, 3.8) is 0 Å². The van der Waals surface area contributed by atoms with E-state index in [9.17, 15) is 22.4 Å². The SMILES string of the molecule is NS(=O)(=O)c1ccc(F)c(C(=O)N2CCN(c3ccccc3)C(=O)C2)c1. The lowest BCUT2D eigenvalue weighted by molar-refractivity contribution is -0.120. The van der Waals surface area contributed by atoms with Gasteiger partial charge >= 0.3 is 0 Å². The first-order valence-corrected chi connectivity index (χ1v) is 9.29. The molecule has 9 heteroatoms. The number of piperazine rings is 1. The number of primary sulfonamides is 1. The summed E-state index contributed by atoms with van der Waals surface area (Å²) in [5.74, 6) is -1.94. The average molecular weight is 377 g/mol. The number of anilines is 1. The van der Waals surface area contributed by atoms with Crippen molar-refractivity contribution in [2.75, 3.05) is 24.5 Å². The van der Waals surface area contributed by atoms with E-state index in [1.165, 1.54) is 4.90 Å². The number of carbonyl (C=O) groups is 2. The molecule has 3 rings (SSSR count). The molecule has 136 valence electrons. The minimum atomic E-state index is -4.07. The number of halogens is 1. The summed E-state index contributed by atoms with van der Waals surface area (Å²) in [6.07, 6.45) is 0. The third-order valence-electron chi connectivity index (χ3n) is 4.07. The molecule has 0 atom stereocenters. The largest absolute Gasteiger partial charge is 0.327 e. The summed E-state index contributed by atoms with van der Waals surface area (Å²) in [4.78, 5) is 27.3. The molecular formula is C17H16FN3O4S. The monoisotopic (exact) mass is 377 g/mol. The van der Waals surface area contributed by atoms with Gasteiger partial charge in [0.1, 0.15) is 12.4 Å². The zero-order valence-electron chi connectivity index (χ0n) is 13.6. The Morgan fingerprint density at radius 1 is 1.08 bits per heavy atom. The van der Waals surface area contributed by atoms with E-state index in [1.807, 2.05) is 6.07 Å². The molecule has 1 saturated heterocycles. The molecule has 2 aromatic rings. The second kappa shape index (κ2) is 6.85. The molecule has 0 spiro atoms. The van der Waals surface area contributed by atoms with E-state index in [1.54, 1.807) is 29.2 Å². The van der Waals surface area contributed by atoms with E-state index in [2.05, 4.69) is 0 Å². The Morgan fingerprint density at radius 2 is 1.77 bits per heavy atom. The molecule has 0 saturated carbocycles. The molecule has 2 amide bonds. The lowest BCUT2D eigenvalue weighted by Crippen LogP contribution is -2.52. The third-order valence-corrected chi connectivity index (χ3v) is 4.98. The van der Waals surface area contributed by atoms with Gasteiger partial charge in [-0.2, -0.15) is 0 Å². The quantitative estimate of drug-likeness (QED) is 0.861. The van der Waals surface area contributed by atoms with Crippen LogP contribution in [0, 0.1) is 5.82 Å². The first-order valence-electron chi connectivity index (χ1n) is 7.74. The molecule has 0 aliphatic carbocycles. The molecule has 1 fully saturated rings. The third kappa shape index (κ3) is 3.58. The van der Waals surface area contributed by atoms with Gasteiger partial charge in [0, 0.05) is 18.8 Å². The summed E-state index contributed by atoms with van der Waals surface area (Å²) in [5.41, 5.74) is 0.282. The van der Waals surface area contributed by atoms with Crippen molar-refractivity contribution in [3.05, 3.63) is 59.9 Å². The van der Waals surface area contributed by atoms with Crippen LogP contribution in [0.2, 0.25) is 0 Å². The van der Waals surface area contributed by atoms with E-state index >= 15 is 0 Å². The molecule has 1 heterocycles. The number of nitrogens with two attached hydrogens (primary N) is 1. The first-order chi connectivity index (χ1) is 12.3. The van der Waals surface area contributed by atoms with Crippen LogP contribution >= 0.6 is 0 Å². The maximum absolute atomic E-state index is 14.0. The summed E-state index contributed by atoms with van der Waals surface area (Å²) in [7, 11) is -4.07. The number of nitrogens with zero attached hydrogens (tertiary/aromatic N) is 2. The van der Waals surface area contributed by atoms with Crippen LogP contribution in [-0.2, 0) is 14.8 Å². The summed E-state index contributed by atoms with van der Waals surface area (Å²) < 4.78 is 36.9. The number of sulfonamides is 1. The lowest BCUT2D eigenvalue weighted by atomic mass is 10.1. The molecular weight excluding hydrogens is 361 g/mol. The van der Waals surface area contributed by atoms with Gasteiger partial charge in [0.2, 0.25) is 15.9 Å². The van der Waals surface area contributed by atoms with Gasteiger partial charge in [0.05, 0.1) is 10.5 Å². The number of amides is 2. The molecule has 2 aromatic carbocycles. The molecule has 0 bridgehead atoms. The van der Waals surface area contributed by atoms with E-state index in [0.717, 1.165) is 18.2 Å². The van der Waals surface area contributed by atoms with Crippen LogP contribution < -0.4 is 10.0 Å². The highest BCUT2D eigenvalue weighted by Gasteiger charge is 2.30. The number of carbonyl (C=O) groups excluding carboxylic acids is 2. The highest BCUT2D eigenvalue weighted by Crippen LogP contribution is 2.20. The van der Waals surface area contributed by atoms with Crippen LogP contribution in [0.5, 0.6) is 0 Å². The highest BCUT2D eigenvalue weighted by molar-refractivity contribution is 7.89. The van der Waals surface area contributed by atoms with Crippen LogP contribution in [-0.4, -0.2) is 44.8 Å². The Balaban J connectivity index is 1.81. The Morgan fingerprint density at radius 3 is 2.38 bits per heavy atom. The maximum Gasteiger partial charge on any atom is 0.257 e. The van der Waals surface area contributed by atoms with Gasteiger partial charge < -0.3 is 9.80 Å². The fourth-order valence-electron chi connectivity index (χ4n) is 2.74. The minimum absolute atomic E-state index is 0.193. The van der Waals surface area contributed by atoms with Crippen molar-refractivity contribution in [2.45, 2.75) is 4.90 Å². The van der Waals surface area contributed by atoms with Gasteiger partial charge in [-0.25, -0.2) is 17.9 Å². The number of rotatable bonds is 3. The zero-order chi connectivity index (χ0) is 18.9. The maximum atomic E-state index is 14.0. The Kier molecular flexibility index (Phi) is 4.75. The Labute approximate surface area is 149 Å². The molecule has 26 heavy (non-hydrogen) atoms. The van der Waals surface area contributed by atoms with Crippen molar-refractivity contribution in [1.82, 2.24) is 4.90 Å². The zero-order valence-corrected chi connectivity index (χ0v) is 14.4. The Hall–Kier alpha value is -2.78. The van der Waals surface area contributed by atoms with E-state index in [0.29, 0.717) is 5.69 Å². The van der Waals surface area contributed by atoms with Gasteiger partial charge in [-0.05, 0) is 30.3 Å². The van der Waals surface area contributed by atoms with Crippen LogP contribution in [0.25, 0.3) is 0 Å². The van der Waals surface area contributed by atoms with Crippen molar-refractivity contribution >= 4 is 27.5 Å². The van der Waals surface area contributed by atoms with E-state index < -0.39 is 27.3 Å². The Bertz CT molecular complexity index is 963. The molecule has 1 aliphatic rings. The smallest absolute Gasteiger partial charge is 0.257 e. The predicted molar refractivity (Wildman–Crippen MR) is 92.5 cm³/mol. The summed E-state index contributed by atoms with van der Waals surface area (Å²) >= 11 is 0. The van der Waals surface area contributed by atoms with Gasteiger partial charge in [-0.1, -0.05) is 18.2 Å². The summed E-state index contributed by atoms with van der Waals surface area (Å²) in [6.45, 7) is 0.219. The first kappa shape index (κ1) is 18.0. The topological polar surface area (TPSA) is 101 Å².